The van der Waals surface area contributed by atoms with Gasteiger partial charge in [-0.25, -0.2) is 0 Å². The molecule has 0 unspecified atom stereocenters. The molecule has 13 nitrogen and oxygen atoms in total. The van der Waals surface area contributed by atoms with Gasteiger partial charge in [0.1, 0.15) is 11.8 Å². The van der Waals surface area contributed by atoms with Crippen molar-refractivity contribution >= 4 is 51.4 Å². The molecule has 2 heterocycles. The van der Waals surface area contributed by atoms with Crippen LogP contribution < -0.4 is 24.8 Å². The number of hydrogen-bond acceptors (Lipinski definition) is 12. The number of anilines is 2. The Kier molecular flexibility index (Phi) is 15.7. The molecule has 6 rings (SSSR count). The van der Waals surface area contributed by atoms with Crippen LogP contribution in [0.3, 0.4) is 0 Å². The monoisotopic (exact) mass is 810 g/mol. The molecule has 1 saturated heterocycles. The van der Waals surface area contributed by atoms with Crippen molar-refractivity contribution in [2.45, 2.75) is 19.3 Å². The number of methoxy groups -OCH3 is 2. The molecule has 3 aromatic rings. The zero-order valence-corrected chi connectivity index (χ0v) is 33.7. The Morgan fingerprint density at radius 1 is 0.839 bits per heavy atom. The van der Waals surface area contributed by atoms with Crippen LogP contribution in [0.4, 0.5) is 11.4 Å². The summed E-state index contributed by atoms with van der Waals surface area (Å²) < 4.78 is 34.3. The highest BCUT2D eigenvalue weighted by Gasteiger charge is 2.39. The zero-order chi connectivity index (χ0) is 39.3. The maximum absolute atomic E-state index is 12.4. The van der Waals surface area contributed by atoms with Crippen molar-refractivity contribution in [1.82, 2.24) is 20.1 Å². The van der Waals surface area contributed by atoms with Gasteiger partial charge in [0.05, 0.1) is 93.0 Å². The summed E-state index contributed by atoms with van der Waals surface area (Å²) in [5.41, 5.74) is 2.04. The third kappa shape index (κ3) is 11.2. The maximum atomic E-state index is 12.4. The van der Waals surface area contributed by atoms with Gasteiger partial charge in [0.15, 0.2) is 11.5 Å². The third-order valence-electron chi connectivity index (χ3n) is 10.6. The molecule has 56 heavy (non-hydrogen) atoms. The van der Waals surface area contributed by atoms with Crippen LogP contribution in [0.25, 0.3) is 10.9 Å². The van der Waals surface area contributed by atoms with Crippen LogP contribution in [0.15, 0.2) is 42.6 Å². The summed E-state index contributed by atoms with van der Waals surface area (Å²) >= 11 is 12.7. The summed E-state index contributed by atoms with van der Waals surface area (Å²) in [7, 11) is 3.11. The molecule has 2 aromatic carbocycles. The van der Waals surface area contributed by atoms with Gasteiger partial charge in [-0.3, -0.25) is 14.7 Å². The average molecular weight is 812 g/mol. The lowest BCUT2D eigenvalue weighted by Crippen LogP contribution is -2.47. The van der Waals surface area contributed by atoms with Crippen molar-refractivity contribution in [3.05, 3.63) is 58.2 Å². The topological polar surface area (TPSA) is 140 Å². The number of nitrogens with one attached hydrogen (secondary N) is 2. The highest BCUT2D eigenvalue weighted by Crippen LogP contribution is 2.43. The van der Waals surface area contributed by atoms with Crippen molar-refractivity contribution in [2.75, 3.05) is 112 Å². The molecular weight excluding hydrogens is 759 g/mol. The van der Waals surface area contributed by atoms with Crippen LogP contribution in [-0.2, 0) is 19.0 Å². The van der Waals surface area contributed by atoms with E-state index in [0.29, 0.717) is 120 Å². The van der Waals surface area contributed by atoms with E-state index in [9.17, 15) is 10.1 Å². The summed E-state index contributed by atoms with van der Waals surface area (Å²) in [6, 6.07) is 9.12. The van der Waals surface area contributed by atoms with Gasteiger partial charge < -0.3 is 44.0 Å². The van der Waals surface area contributed by atoms with Crippen LogP contribution in [0, 0.1) is 29.1 Å². The number of pyridine rings is 1. The van der Waals surface area contributed by atoms with Crippen LogP contribution in [0.5, 0.6) is 17.2 Å². The largest absolute Gasteiger partial charge is 0.495 e. The lowest BCUT2D eigenvalue weighted by atomic mass is 9.93. The first kappa shape index (κ1) is 41.8. The molecular formula is C41H52Cl2N6O7. The first-order valence-corrected chi connectivity index (χ1v) is 20.1. The van der Waals surface area contributed by atoms with E-state index >= 15 is 0 Å². The van der Waals surface area contributed by atoms with Gasteiger partial charge in [-0.05, 0) is 43.2 Å². The minimum Gasteiger partial charge on any atom is -0.495 e. The Labute approximate surface area is 339 Å². The SMILES string of the molecule is COc1cc(Nc2c(C#N)cnc3cc(OCCCN4CCN(CCOCCOCCOCCNC(=O)[C@H]5C[C@H]6C=C[C@@H]5C6)CC4)c(OC)cc23)c(Cl)cc1Cl. The molecule has 2 N–H and O–H groups in total. The quantitative estimate of drug-likeness (QED) is 0.0918. The molecule has 302 valence electrons. The van der Waals surface area contributed by atoms with Crippen molar-refractivity contribution < 1.29 is 33.2 Å². The molecule has 0 spiro atoms. The Morgan fingerprint density at radius 3 is 2.23 bits per heavy atom. The van der Waals surface area contributed by atoms with E-state index in [4.69, 9.17) is 51.6 Å². The zero-order valence-electron chi connectivity index (χ0n) is 32.2. The number of rotatable bonds is 22. The predicted octanol–water partition coefficient (Wildman–Crippen LogP) is 5.94. The Hall–Kier alpha value is -3.87. The number of hydrogen-bond donors (Lipinski definition) is 2. The smallest absolute Gasteiger partial charge is 0.223 e. The minimum absolute atomic E-state index is 0.139. The predicted molar refractivity (Wildman–Crippen MR) is 217 cm³/mol. The summed E-state index contributed by atoms with van der Waals surface area (Å²) in [4.78, 5) is 21.8. The van der Waals surface area contributed by atoms with Gasteiger partial charge in [0, 0.05) is 75.4 Å². The first-order valence-electron chi connectivity index (χ1n) is 19.3. The fourth-order valence-electron chi connectivity index (χ4n) is 7.51. The van der Waals surface area contributed by atoms with Crippen LogP contribution in [0.2, 0.25) is 10.0 Å². The second-order valence-electron chi connectivity index (χ2n) is 14.2. The van der Waals surface area contributed by atoms with Crippen molar-refractivity contribution in [3.8, 4) is 23.3 Å². The number of benzene rings is 2. The minimum atomic E-state index is 0.139. The van der Waals surface area contributed by atoms with Crippen molar-refractivity contribution in [1.29, 1.82) is 5.26 Å². The van der Waals surface area contributed by atoms with E-state index in [2.05, 4.69) is 43.6 Å². The fraction of sp³-hybridized carbons (Fsp3) is 0.537. The third-order valence-corrected chi connectivity index (χ3v) is 11.2. The molecule has 2 fully saturated rings. The molecule has 2 aliphatic carbocycles. The Bertz CT molecular complexity index is 1850. The van der Waals surface area contributed by atoms with E-state index in [1.165, 1.54) is 13.3 Å². The van der Waals surface area contributed by atoms with Gasteiger partial charge in [0.2, 0.25) is 5.91 Å². The van der Waals surface area contributed by atoms with E-state index in [-0.39, 0.29) is 11.8 Å². The number of allylic oxidation sites excluding steroid dienone is 2. The summed E-state index contributed by atoms with van der Waals surface area (Å²) in [5, 5.41) is 17.6. The number of fused-ring (bicyclic) bond motifs is 3. The van der Waals surface area contributed by atoms with Gasteiger partial charge in [0.25, 0.3) is 0 Å². The van der Waals surface area contributed by atoms with Crippen molar-refractivity contribution in [2.24, 2.45) is 17.8 Å². The second-order valence-corrected chi connectivity index (χ2v) is 15.0. The molecule has 3 atom stereocenters. The van der Waals surface area contributed by atoms with Crippen molar-refractivity contribution in [3.63, 3.8) is 0 Å². The first-order chi connectivity index (χ1) is 27.4. The van der Waals surface area contributed by atoms with Crippen LogP contribution in [0.1, 0.15) is 24.8 Å². The van der Waals surface area contributed by atoms with E-state index in [1.807, 2.05) is 12.1 Å². The second kappa shape index (κ2) is 21.0. The van der Waals surface area contributed by atoms with Crippen LogP contribution >= 0.6 is 23.2 Å². The van der Waals surface area contributed by atoms with E-state index < -0.39 is 0 Å². The number of aromatic nitrogens is 1. The fourth-order valence-corrected chi connectivity index (χ4v) is 8.02. The average Bonchev–Trinajstić information content (AvgIpc) is 3.86. The normalized spacial score (nSPS) is 19.3. The Balaban J connectivity index is 0.822. The number of carbonyl (C=O) groups excluding carboxylic acids is 1. The molecule has 1 saturated carbocycles. The van der Waals surface area contributed by atoms with Crippen LogP contribution in [-0.4, -0.2) is 127 Å². The molecule has 0 radical (unpaired) electrons. The highest BCUT2D eigenvalue weighted by molar-refractivity contribution is 6.37. The molecule has 1 aliphatic heterocycles. The summed E-state index contributed by atoms with van der Waals surface area (Å²) in [6.45, 7) is 10.1. The molecule has 15 heteroatoms. The molecule has 1 amide bonds. The standard InChI is InChI=1S/C41H52Cl2N6O7/c1-51-37-25-36(33(42)23-34(37)43)47-40-30(26-44)27-46-35-24-39(38(52-2)22-32(35)40)56-13-3-7-48-8-10-49(11-9-48)12-15-54-17-19-55-18-16-53-14-6-45-41(50)31-21-28-4-5-29(31)20-28/h4-5,22-25,27-29,31H,3,6-21H2,1-2H3,(H,45,50)(H,46,47)/t28-,29+,31-/m0/s1. The number of ether oxygens (including phenoxy) is 6. The number of piperazine rings is 1. The van der Waals surface area contributed by atoms with Gasteiger partial charge in [-0.2, -0.15) is 5.26 Å². The van der Waals surface area contributed by atoms with Gasteiger partial charge in [-0.15, -0.1) is 0 Å². The van der Waals surface area contributed by atoms with Gasteiger partial charge in [-0.1, -0.05) is 35.4 Å². The lowest BCUT2D eigenvalue weighted by molar-refractivity contribution is -0.126. The molecule has 2 bridgehead atoms. The molecule has 3 aliphatic rings. The molecule has 1 aromatic heterocycles. The van der Waals surface area contributed by atoms with E-state index in [1.54, 1.807) is 19.2 Å². The van der Waals surface area contributed by atoms with Gasteiger partial charge >= 0.3 is 0 Å². The lowest BCUT2D eigenvalue weighted by Gasteiger charge is -2.34. The Morgan fingerprint density at radius 2 is 1.55 bits per heavy atom. The number of nitriles is 1. The number of amides is 1. The number of carbonyl (C=O) groups is 1. The number of nitrogens with zero attached hydrogens (tertiary/aromatic N) is 4. The number of halogens is 2. The summed E-state index contributed by atoms with van der Waals surface area (Å²) in [6.07, 6.45) is 8.95. The van der Waals surface area contributed by atoms with E-state index in [0.717, 1.165) is 58.5 Å². The summed E-state index contributed by atoms with van der Waals surface area (Å²) in [5.74, 6) is 2.89. The highest BCUT2D eigenvalue weighted by atomic mass is 35.5. The maximum Gasteiger partial charge on any atom is 0.223 e.